The number of likely N-dealkylation sites (tertiary alicyclic amines) is 1. The quantitative estimate of drug-likeness (QED) is 0.685. The zero-order chi connectivity index (χ0) is 20.9. The molecule has 30 heavy (non-hydrogen) atoms. The van der Waals surface area contributed by atoms with Crippen LogP contribution in [0.2, 0.25) is 0 Å². The molecule has 0 radical (unpaired) electrons. The van der Waals surface area contributed by atoms with Crippen LogP contribution < -0.4 is 10.1 Å². The highest BCUT2D eigenvalue weighted by atomic mass is 16.5. The van der Waals surface area contributed by atoms with Gasteiger partial charge in [-0.15, -0.1) is 0 Å². The molecular formula is C23H23N3O4. The summed E-state index contributed by atoms with van der Waals surface area (Å²) in [5, 5.41) is 6.57. The van der Waals surface area contributed by atoms with Gasteiger partial charge in [-0.25, -0.2) is 0 Å². The molecule has 0 bridgehead atoms. The normalized spacial score (nSPS) is 14.4. The Hall–Kier alpha value is -3.61. The summed E-state index contributed by atoms with van der Waals surface area (Å²) in [7, 11) is 0. The topological polar surface area (TPSA) is 84.7 Å². The van der Waals surface area contributed by atoms with E-state index in [0.717, 1.165) is 0 Å². The molecule has 3 aromatic rings. The number of carbonyl (C=O) groups is 2. The average Bonchev–Trinajstić information content (AvgIpc) is 3.19. The second-order valence-corrected chi connectivity index (χ2v) is 7.29. The summed E-state index contributed by atoms with van der Waals surface area (Å²) in [5.41, 5.74) is 0.516. The Morgan fingerprint density at radius 1 is 1.07 bits per heavy atom. The molecule has 1 N–H and O–H groups in total. The van der Waals surface area contributed by atoms with E-state index in [1.807, 2.05) is 42.5 Å². The van der Waals surface area contributed by atoms with Crippen LogP contribution >= 0.6 is 0 Å². The highest BCUT2D eigenvalue weighted by molar-refractivity contribution is 5.97. The molecule has 2 amide bonds. The molecule has 2 heterocycles. The Morgan fingerprint density at radius 3 is 2.47 bits per heavy atom. The van der Waals surface area contributed by atoms with E-state index in [4.69, 9.17) is 9.26 Å². The van der Waals surface area contributed by atoms with Gasteiger partial charge in [-0.1, -0.05) is 35.5 Å². The minimum atomic E-state index is -0.165. The Kier molecular flexibility index (Phi) is 5.79. The number of piperidine rings is 1. The van der Waals surface area contributed by atoms with Gasteiger partial charge < -0.3 is 19.5 Å². The van der Waals surface area contributed by atoms with Crippen LogP contribution in [0.4, 0.5) is 5.82 Å². The first kappa shape index (κ1) is 19.7. The third-order valence-corrected chi connectivity index (χ3v) is 5.12. The first-order valence-corrected chi connectivity index (χ1v) is 9.95. The zero-order valence-electron chi connectivity index (χ0n) is 16.7. The van der Waals surface area contributed by atoms with Crippen molar-refractivity contribution in [3.8, 4) is 11.5 Å². The lowest BCUT2D eigenvalue weighted by Crippen LogP contribution is -2.41. The fraction of sp³-hybridized carbons (Fsp3) is 0.261. The maximum absolute atomic E-state index is 13.1. The van der Waals surface area contributed by atoms with Gasteiger partial charge in [0.15, 0.2) is 5.82 Å². The van der Waals surface area contributed by atoms with Gasteiger partial charge in [-0.05, 0) is 44.0 Å². The lowest BCUT2D eigenvalue weighted by molar-refractivity contribution is -0.121. The first-order valence-electron chi connectivity index (χ1n) is 9.95. The van der Waals surface area contributed by atoms with E-state index < -0.39 is 0 Å². The Bertz CT molecular complexity index is 1020. The van der Waals surface area contributed by atoms with Crippen LogP contribution in [-0.4, -0.2) is 35.0 Å². The van der Waals surface area contributed by atoms with E-state index in [0.29, 0.717) is 54.6 Å². The highest BCUT2D eigenvalue weighted by Crippen LogP contribution is 2.28. The summed E-state index contributed by atoms with van der Waals surface area (Å²) in [6.07, 6.45) is 1.19. The predicted molar refractivity (Wildman–Crippen MR) is 111 cm³/mol. The van der Waals surface area contributed by atoms with Gasteiger partial charge in [0.1, 0.15) is 17.3 Å². The Balaban J connectivity index is 1.38. The second kappa shape index (κ2) is 8.82. The van der Waals surface area contributed by atoms with Crippen molar-refractivity contribution in [2.75, 3.05) is 18.4 Å². The molecule has 1 aliphatic heterocycles. The van der Waals surface area contributed by atoms with Crippen LogP contribution in [0.3, 0.4) is 0 Å². The van der Waals surface area contributed by atoms with E-state index in [-0.39, 0.29) is 17.7 Å². The summed E-state index contributed by atoms with van der Waals surface area (Å²) in [4.78, 5) is 27.3. The van der Waals surface area contributed by atoms with Crippen molar-refractivity contribution in [2.45, 2.75) is 19.8 Å². The number of aryl methyl sites for hydroxylation is 1. The van der Waals surface area contributed by atoms with Gasteiger partial charge in [0.2, 0.25) is 5.91 Å². The molecule has 2 aromatic carbocycles. The molecule has 0 saturated carbocycles. The van der Waals surface area contributed by atoms with Gasteiger partial charge in [0.05, 0.1) is 5.56 Å². The van der Waals surface area contributed by atoms with Crippen LogP contribution in [0.5, 0.6) is 11.5 Å². The minimum Gasteiger partial charge on any atom is -0.457 e. The van der Waals surface area contributed by atoms with Crippen LogP contribution in [0, 0.1) is 12.8 Å². The van der Waals surface area contributed by atoms with Crippen molar-refractivity contribution in [2.24, 2.45) is 5.92 Å². The molecule has 154 valence electrons. The molecule has 0 aliphatic carbocycles. The Morgan fingerprint density at radius 2 is 1.77 bits per heavy atom. The molecule has 0 unspecified atom stereocenters. The van der Waals surface area contributed by atoms with Crippen LogP contribution in [0.1, 0.15) is 29.0 Å². The molecule has 7 nitrogen and oxygen atoms in total. The highest BCUT2D eigenvalue weighted by Gasteiger charge is 2.29. The largest absolute Gasteiger partial charge is 0.457 e. The number of hydrogen-bond acceptors (Lipinski definition) is 5. The predicted octanol–water partition coefficient (Wildman–Crippen LogP) is 4.27. The summed E-state index contributed by atoms with van der Waals surface area (Å²) < 4.78 is 10.9. The van der Waals surface area contributed by atoms with E-state index in [2.05, 4.69) is 10.5 Å². The maximum Gasteiger partial charge on any atom is 0.257 e. The van der Waals surface area contributed by atoms with Crippen LogP contribution in [0.25, 0.3) is 0 Å². The smallest absolute Gasteiger partial charge is 0.257 e. The number of carbonyl (C=O) groups excluding carboxylic acids is 2. The van der Waals surface area contributed by atoms with Crippen molar-refractivity contribution in [1.82, 2.24) is 10.1 Å². The number of para-hydroxylation sites is 2. The van der Waals surface area contributed by atoms with Crippen LogP contribution in [-0.2, 0) is 4.79 Å². The Labute approximate surface area is 174 Å². The van der Waals surface area contributed by atoms with Crippen molar-refractivity contribution in [3.05, 3.63) is 72.0 Å². The lowest BCUT2D eigenvalue weighted by atomic mass is 9.95. The van der Waals surface area contributed by atoms with E-state index in [9.17, 15) is 9.59 Å². The van der Waals surface area contributed by atoms with Gasteiger partial charge in [-0.3, -0.25) is 9.59 Å². The van der Waals surface area contributed by atoms with Gasteiger partial charge in [-0.2, -0.15) is 0 Å². The molecule has 1 fully saturated rings. The number of aromatic nitrogens is 1. The summed E-state index contributed by atoms with van der Waals surface area (Å²) in [6, 6.07) is 18.3. The monoisotopic (exact) mass is 405 g/mol. The summed E-state index contributed by atoms with van der Waals surface area (Å²) in [5.74, 6) is 1.91. The number of benzene rings is 2. The number of amides is 2. The fourth-order valence-electron chi connectivity index (χ4n) is 3.52. The molecule has 7 heteroatoms. The molecule has 1 saturated heterocycles. The molecule has 0 spiro atoms. The molecular weight excluding hydrogens is 382 g/mol. The fourth-order valence-corrected chi connectivity index (χ4v) is 3.52. The van der Waals surface area contributed by atoms with Crippen LogP contribution in [0.15, 0.2) is 65.2 Å². The van der Waals surface area contributed by atoms with E-state index in [1.54, 1.807) is 30.0 Å². The van der Waals surface area contributed by atoms with Gasteiger partial charge >= 0.3 is 0 Å². The number of nitrogens with zero attached hydrogens (tertiary/aromatic N) is 2. The number of nitrogens with one attached hydrogen (secondary N) is 1. The molecule has 0 atom stereocenters. The number of ether oxygens (including phenoxy) is 1. The van der Waals surface area contributed by atoms with E-state index >= 15 is 0 Å². The standard InChI is InChI=1S/C23H23N3O4/c1-16-15-21(25-30-16)24-22(27)17-11-13-26(14-12-17)23(28)19-9-5-6-10-20(19)29-18-7-3-2-4-8-18/h2-10,15,17H,11-14H2,1H3,(H,24,25,27). The summed E-state index contributed by atoms with van der Waals surface area (Å²) in [6.45, 7) is 2.79. The third-order valence-electron chi connectivity index (χ3n) is 5.12. The van der Waals surface area contributed by atoms with Crippen molar-refractivity contribution >= 4 is 17.6 Å². The van der Waals surface area contributed by atoms with E-state index in [1.165, 1.54) is 0 Å². The van der Waals surface area contributed by atoms with Gasteiger partial charge in [0, 0.05) is 25.1 Å². The third kappa shape index (κ3) is 4.51. The molecule has 1 aromatic heterocycles. The van der Waals surface area contributed by atoms with Gasteiger partial charge in [0.25, 0.3) is 5.91 Å². The zero-order valence-corrected chi connectivity index (χ0v) is 16.7. The SMILES string of the molecule is Cc1cc(NC(=O)C2CCN(C(=O)c3ccccc3Oc3ccccc3)CC2)no1. The number of hydrogen-bond donors (Lipinski definition) is 1. The second-order valence-electron chi connectivity index (χ2n) is 7.29. The first-order chi connectivity index (χ1) is 14.6. The molecule has 4 rings (SSSR count). The number of rotatable bonds is 5. The van der Waals surface area contributed by atoms with Crippen molar-refractivity contribution in [3.63, 3.8) is 0 Å². The van der Waals surface area contributed by atoms with Crippen molar-refractivity contribution < 1.29 is 18.8 Å². The maximum atomic E-state index is 13.1. The average molecular weight is 405 g/mol. The minimum absolute atomic E-state index is 0.0903. The lowest BCUT2D eigenvalue weighted by Gasteiger charge is -2.31. The molecule has 1 aliphatic rings. The summed E-state index contributed by atoms with van der Waals surface area (Å²) >= 11 is 0. The van der Waals surface area contributed by atoms with Crippen molar-refractivity contribution in [1.29, 1.82) is 0 Å². The number of anilines is 1.